The third kappa shape index (κ3) is 3.41. The normalized spacial score (nSPS) is 10.3. The molecule has 0 aliphatic heterocycles. The minimum Gasteiger partial charge on any atom is -0.369 e. The minimum atomic E-state index is 0.611. The van der Waals surface area contributed by atoms with Gasteiger partial charge in [-0.2, -0.15) is 9.97 Å². The molecule has 0 unspecified atom stereocenters. The average molecular weight is 248 g/mol. The van der Waals surface area contributed by atoms with Crippen LogP contribution in [0, 0.1) is 6.92 Å². The van der Waals surface area contributed by atoms with Gasteiger partial charge >= 0.3 is 0 Å². The number of hydrogen-bond acceptors (Lipinski definition) is 7. The molecule has 0 radical (unpaired) electrons. The van der Waals surface area contributed by atoms with Gasteiger partial charge in [0.1, 0.15) is 5.82 Å². The number of anilines is 2. The van der Waals surface area contributed by atoms with Crippen LogP contribution in [0.3, 0.4) is 0 Å². The average Bonchev–Trinajstić information content (AvgIpc) is 2.82. The predicted molar refractivity (Wildman–Crippen MR) is 67.4 cm³/mol. The minimum absolute atomic E-state index is 0.611. The molecule has 2 rings (SSSR count). The van der Waals surface area contributed by atoms with Crippen LogP contribution in [-0.2, 0) is 6.42 Å². The molecule has 0 aliphatic rings. The van der Waals surface area contributed by atoms with Crippen molar-refractivity contribution in [3.05, 3.63) is 24.0 Å². The molecule has 2 aromatic heterocycles. The quantitative estimate of drug-likeness (QED) is 0.795. The standard InChI is InChI=1S/C11H16N6O/c1-3-12-11-16-8(2)6-9(17-11)13-5-4-10-14-7-15-18-10/h6-7H,3-5H2,1-2H3,(H2,12,13,16,17). The van der Waals surface area contributed by atoms with E-state index in [0.717, 1.165) is 18.1 Å². The second kappa shape index (κ2) is 5.95. The zero-order chi connectivity index (χ0) is 12.8. The van der Waals surface area contributed by atoms with Gasteiger partial charge in [0, 0.05) is 31.3 Å². The van der Waals surface area contributed by atoms with E-state index in [9.17, 15) is 0 Å². The molecule has 0 aromatic carbocycles. The Labute approximate surface area is 105 Å². The number of nitrogens with zero attached hydrogens (tertiary/aromatic N) is 4. The fourth-order valence-electron chi connectivity index (χ4n) is 1.50. The van der Waals surface area contributed by atoms with Crippen molar-refractivity contribution in [1.29, 1.82) is 0 Å². The highest BCUT2D eigenvalue weighted by Crippen LogP contribution is 2.09. The Morgan fingerprint density at radius 2 is 2.17 bits per heavy atom. The number of aromatic nitrogens is 4. The topological polar surface area (TPSA) is 88.8 Å². The van der Waals surface area contributed by atoms with E-state index in [-0.39, 0.29) is 0 Å². The van der Waals surface area contributed by atoms with Gasteiger partial charge in [-0.15, -0.1) is 0 Å². The van der Waals surface area contributed by atoms with Crippen molar-refractivity contribution in [3.8, 4) is 0 Å². The van der Waals surface area contributed by atoms with Crippen LogP contribution in [0.5, 0.6) is 0 Å². The molecule has 2 N–H and O–H groups in total. The maximum absolute atomic E-state index is 4.91. The van der Waals surface area contributed by atoms with Crippen LogP contribution >= 0.6 is 0 Å². The van der Waals surface area contributed by atoms with Crippen LogP contribution in [0.1, 0.15) is 18.5 Å². The molecule has 0 saturated heterocycles. The van der Waals surface area contributed by atoms with Crippen LogP contribution < -0.4 is 10.6 Å². The Balaban J connectivity index is 1.92. The van der Waals surface area contributed by atoms with Gasteiger partial charge < -0.3 is 15.2 Å². The molecule has 0 spiro atoms. The molecule has 7 heteroatoms. The highest BCUT2D eigenvalue weighted by molar-refractivity contribution is 5.42. The fraction of sp³-hybridized carbons (Fsp3) is 0.455. The zero-order valence-corrected chi connectivity index (χ0v) is 10.5. The monoisotopic (exact) mass is 248 g/mol. The summed E-state index contributed by atoms with van der Waals surface area (Å²) in [6.45, 7) is 5.43. The summed E-state index contributed by atoms with van der Waals surface area (Å²) in [6, 6.07) is 1.90. The lowest BCUT2D eigenvalue weighted by Crippen LogP contribution is -2.10. The summed E-state index contributed by atoms with van der Waals surface area (Å²) in [5.74, 6) is 2.04. The summed E-state index contributed by atoms with van der Waals surface area (Å²) in [5, 5.41) is 9.84. The summed E-state index contributed by atoms with van der Waals surface area (Å²) in [5.41, 5.74) is 0.918. The van der Waals surface area contributed by atoms with Crippen LogP contribution in [0.4, 0.5) is 11.8 Å². The Kier molecular flexibility index (Phi) is 4.06. The summed E-state index contributed by atoms with van der Waals surface area (Å²) in [7, 11) is 0. The summed E-state index contributed by atoms with van der Waals surface area (Å²) >= 11 is 0. The highest BCUT2D eigenvalue weighted by Gasteiger charge is 2.02. The summed E-state index contributed by atoms with van der Waals surface area (Å²) in [6.07, 6.45) is 2.06. The van der Waals surface area contributed by atoms with Gasteiger partial charge in [0.25, 0.3) is 0 Å². The number of nitrogens with one attached hydrogen (secondary N) is 2. The second-order valence-corrected chi connectivity index (χ2v) is 3.76. The molecule has 0 fully saturated rings. The van der Waals surface area contributed by atoms with E-state index in [2.05, 4.69) is 30.7 Å². The molecule has 0 aliphatic carbocycles. The first kappa shape index (κ1) is 12.3. The van der Waals surface area contributed by atoms with Crippen molar-refractivity contribution in [3.63, 3.8) is 0 Å². The summed E-state index contributed by atoms with van der Waals surface area (Å²) < 4.78 is 4.91. The lowest BCUT2D eigenvalue weighted by atomic mass is 10.4. The van der Waals surface area contributed by atoms with Crippen molar-refractivity contribution >= 4 is 11.8 Å². The molecule has 7 nitrogen and oxygen atoms in total. The van der Waals surface area contributed by atoms with E-state index in [0.29, 0.717) is 24.8 Å². The predicted octanol–water partition coefficient (Wildman–Crippen LogP) is 1.25. The lowest BCUT2D eigenvalue weighted by molar-refractivity contribution is 0.379. The summed E-state index contributed by atoms with van der Waals surface area (Å²) in [4.78, 5) is 12.6. The molecular weight excluding hydrogens is 232 g/mol. The zero-order valence-electron chi connectivity index (χ0n) is 10.5. The maximum Gasteiger partial charge on any atom is 0.228 e. The van der Waals surface area contributed by atoms with Crippen molar-refractivity contribution in [1.82, 2.24) is 20.1 Å². The van der Waals surface area contributed by atoms with Gasteiger partial charge in [0.2, 0.25) is 11.8 Å². The molecule has 0 saturated carbocycles. The number of rotatable bonds is 6. The Morgan fingerprint density at radius 3 is 2.89 bits per heavy atom. The van der Waals surface area contributed by atoms with Crippen LogP contribution in [0.2, 0.25) is 0 Å². The third-order valence-corrected chi connectivity index (χ3v) is 2.24. The van der Waals surface area contributed by atoms with Crippen LogP contribution in [0.25, 0.3) is 0 Å². The molecule has 2 aromatic rings. The van der Waals surface area contributed by atoms with Crippen molar-refractivity contribution in [2.45, 2.75) is 20.3 Å². The van der Waals surface area contributed by atoms with Crippen molar-refractivity contribution in [2.75, 3.05) is 23.7 Å². The molecular formula is C11H16N6O. The van der Waals surface area contributed by atoms with Crippen LogP contribution in [-0.4, -0.2) is 33.2 Å². The van der Waals surface area contributed by atoms with Gasteiger partial charge in [-0.3, -0.25) is 0 Å². The largest absolute Gasteiger partial charge is 0.369 e. The van der Waals surface area contributed by atoms with Gasteiger partial charge in [0.15, 0.2) is 6.33 Å². The maximum atomic E-state index is 4.91. The lowest BCUT2D eigenvalue weighted by Gasteiger charge is -2.07. The molecule has 2 heterocycles. The van der Waals surface area contributed by atoms with E-state index in [4.69, 9.17) is 4.52 Å². The molecule has 0 amide bonds. The third-order valence-electron chi connectivity index (χ3n) is 2.24. The Bertz CT molecular complexity index is 484. The Hall–Kier alpha value is -2.18. The fourth-order valence-corrected chi connectivity index (χ4v) is 1.50. The SMILES string of the molecule is CCNc1nc(C)cc(NCCc2ncno2)n1. The van der Waals surface area contributed by atoms with Gasteiger partial charge in [-0.25, -0.2) is 4.98 Å². The molecule has 0 atom stereocenters. The van der Waals surface area contributed by atoms with E-state index in [1.54, 1.807) is 0 Å². The number of hydrogen-bond donors (Lipinski definition) is 2. The van der Waals surface area contributed by atoms with Gasteiger partial charge in [-0.1, -0.05) is 5.16 Å². The first-order valence-electron chi connectivity index (χ1n) is 5.87. The van der Waals surface area contributed by atoms with Crippen molar-refractivity contribution in [2.24, 2.45) is 0 Å². The van der Waals surface area contributed by atoms with Crippen LogP contribution in [0.15, 0.2) is 16.9 Å². The second-order valence-electron chi connectivity index (χ2n) is 3.76. The van der Waals surface area contributed by atoms with E-state index in [1.807, 2.05) is 19.9 Å². The highest BCUT2D eigenvalue weighted by atomic mass is 16.5. The van der Waals surface area contributed by atoms with Gasteiger partial charge in [-0.05, 0) is 13.8 Å². The Morgan fingerprint density at radius 1 is 1.28 bits per heavy atom. The first-order valence-corrected chi connectivity index (χ1v) is 5.87. The van der Waals surface area contributed by atoms with E-state index in [1.165, 1.54) is 6.33 Å². The van der Waals surface area contributed by atoms with Gasteiger partial charge in [0.05, 0.1) is 0 Å². The molecule has 96 valence electrons. The first-order chi connectivity index (χ1) is 8.78. The molecule has 0 bridgehead atoms. The van der Waals surface area contributed by atoms with E-state index >= 15 is 0 Å². The van der Waals surface area contributed by atoms with Crippen molar-refractivity contribution < 1.29 is 4.52 Å². The molecule has 18 heavy (non-hydrogen) atoms. The smallest absolute Gasteiger partial charge is 0.228 e. The van der Waals surface area contributed by atoms with E-state index < -0.39 is 0 Å². The number of aryl methyl sites for hydroxylation is 1.